The van der Waals surface area contributed by atoms with Crippen LogP contribution in [0.3, 0.4) is 0 Å². The normalized spacial score (nSPS) is 12.6. The third-order valence-corrected chi connectivity index (χ3v) is 5.22. The average Bonchev–Trinajstić information content (AvgIpc) is 3.47. The topological polar surface area (TPSA) is 96.3 Å². The van der Waals surface area contributed by atoms with Crippen molar-refractivity contribution >= 4 is 23.1 Å². The van der Waals surface area contributed by atoms with Crippen molar-refractivity contribution in [3.8, 4) is 33.7 Å². The smallest absolute Gasteiger partial charge is 0.277 e. The second-order valence-corrected chi connectivity index (χ2v) is 7.09. The highest BCUT2D eigenvalue weighted by Crippen LogP contribution is 2.36. The van der Waals surface area contributed by atoms with Crippen LogP contribution < -0.4 is 9.47 Å². The maximum absolute atomic E-state index is 5.69. The maximum Gasteiger partial charge on any atom is 0.277 e. The lowest BCUT2D eigenvalue weighted by molar-refractivity contribution is 0.174. The molecule has 0 N–H and O–H groups in total. The molecule has 26 heavy (non-hydrogen) atoms. The SMILES string of the molecule is c1csc(-c2noc(CSc3nnc(-c4ccc5c(c4)OCO5)o3)n2)c1. The molecule has 0 unspecified atom stereocenters. The predicted molar refractivity (Wildman–Crippen MR) is 93.0 cm³/mol. The Bertz CT molecular complexity index is 1040. The van der Waals surface area contributed by atoms with Crippen LogP contribution in [0.2, 0.25) is 0 Å². The highest BCUT2D eigenvalue weighted by molar-refractivity contribution is 7.98. The van der Waals surface area contributed by atoms with Gasteiger partial charge in [-0.2, -0.15) is 4.98 Å². The van der Waals surface area contributed by atoms with Gasteiger partial charge in [0, 0.05) is 5.56 Å². The van der Waals surface area contributed by atoms with Crippen molar-refractivity contribution in [1.82, 2.24) is 20.3 Å². The summed E-state index contributed by atoms with van der Waals surface area (Å²) in [6, 6.07) is 9.37. The van der Waals surface area contributed by atoms with Gasteiger partial charge in [-0.1, -0.05) is 23.0 Å². The van der Waals surface area contributed by atoms with Gasteiger partial charge in [0.25, 0.3) is 5.22 Å². The summed E-state index contributed by atoms with van der Waals surface area (Å²) in [6.07, 6.45) is 0. The van der Waals surface area contributed by atoms with Gasteiger partial charge in [0.1, 0.15) is 0 Å². The van der Waals surface area contributed by atoms with Crippen LogP contribution in [0.4, 0.5) is 0 Å². The van der Waals surface area contributed by atoms with E-state index in [1.54, 1.807) is 11.3 Å². The molecule has 5 rings (SSSR count). The van der Waals surface area contributed by atoms with E-state index in [4.69, 9.17) is 18.4 Å². The number of fused-ring (bicyclic) bond motifs is 1. The first-order valence-corrected chi connectivity index (χ1v) is 9.44. The number of nitrogens with zero attached hydrogens (tertiary/aromatic N) is 4. The van der Waals surface area contributed by atoms with Crippen molar-refractivity contribution in [2.24, 2.45) is 0 Å². The molecule has 1 aliphatic rings. The Hall–Kier alpha value is -2.85. The largest absolute Gasteiger partial charge is 0.454 e. The standard InChI is InChI=1S/C16H10N4O4S2/c1-2-12(25-5-1)14-17-13(24-20-14)7-26-16-19-18-15(23-16)9-3-4-10-11(6-9)22-8-21-10/h1-6H,7-8H2. The van der Waals surface area contributed by atoms with Crippen molar-refractivity contribution in [2.45, 2.75) is 11.0 Å². The van der Waals surface area contributed by atoms with Gasteiger partial charge in [0.05, 0.1) is 10.6 Å². The molecule has 1 aliphatic heterocycles. The molecule has 0 fully saturated rings. The third-order valence-electron chi connectivity index (χ3n) is 3.55. The fourth-order valence-corrected chi connectivity index (χ4v) is 3.61. The molecular formula is C16H10N4O4S2. The number of rotatable bonds is 5. The summed E-state index contributed by atoms with van der Waals surface area (Å²) < 4.78 is 21.6. The number of thiophene rings is 1. The molecule has 0 spiro atoms. The Balaban J connectivity index is 1.27. The molecule has 1 aromatic carbocycles. The molecule has 4 heterocycles. The van der Waals surface area contributed by atoms with E-state index in [0.717, 1.165) is 10.4 Å². The minimum atomic E-state index is 0.224. The van der Waals surface area contributed by atoms with Gasteiger partial charge in [-0.3, -0.25) is 0 Å². The number of thioether (sulfide) groups is 1. The van der Waals surface area contributed by atoms with E-state index in [1.165, 1.54) is 11.8 Å². The molecule has 0 amide bonds. The van der Waals surface area contributed by atoms with E-state index in [0.29, 0.717) is 40.1 Å². The first-order chi connectivity index (χ1) is 12.8. The fourth-order valence-electron chi connectivity index (χ4n) is 2.36. The minimum absolute atomic E-state index is 0.224. The van der Waals surface area contributed by atoms with Crippen molar-refractivity contribution in [1.29, 1.82) is 0 Å². The van der Waals surface area contributed by atoms with Gasteiger partial charge in [-0.15, -0.1) is 21.5 Å². The van der Waals surface area contributed by atoms with E-state index in [-0.39, 0.29) is 6.79 Å². The molecule has 0 atom stereocenters. The summed E-state index contributed by atoms with van der Waals surface area (Å²) in [4.78, 5) is 5.33. The summed E-state index contributed by atoms with van der Waals surface area (Å²) in [6.45, 7) is 0.224. The number of hydrogen-bond donors (Lipinski definition) is 0. The van der Waals surface area contributed by atoms with Crippen LogP contribution in [0.5, 0.6) is 11.5 Å². The Morgan fingerprint density at radius 1 is 1.12 bits per heavy atom. The Labute approximate surface area is 155 Å². The molecule has 0 saturated carbocycles. The van der Waals surface area contributed by atoms with Crippen LogP contribution in [0.15, 0.2) is 49.9 Å². The van der Waals surface area contributed by atoms with Crippen molar-refractivity contribution < 1.29 is 18.4 Å². The van der Waals surface area contributed by atoms with Crippen molar-refractivity contribution in [3.05, 3.63) is 41.6 Å². The van der Waals surface area contributed by atoms with E-state index in [9.17, 15) is 0 Å². The van der Waals surface area contributed by atoms with Crippen molar-refractivity contribution in [2.75, 3.05) is 6.79 Å². The number of benzene rings is 1. The van der Waals surface area contributed by atoms with Gasteiger partial charge < -0.3 is 18.4 Å². The number of ether oxygens (including phenoxy) is 2. The molecule has 0 bridgehead atoms. The maximum atomic E-state index is 5.69. The van der Waals surface area contributed by atoms with Crippen molar-refractivity contribution in [3.63, 3.8) is 0 Å². The lowest BCUT2D eigenvalue weighted by atomic mass is 10.2. The molecule has 0 saturated heterocycles. The summed E-state index contributed by atoms with van der Waals surface area (Å²) in [7, 11) is 0. The predicted octanol–water partition coefficient (Wildman–Crippen LogP) is 3.87. The minimum Gasteiger partial charge on any atom is -0.454 e. The summed E-state index contributed by atoms with van der Waals surface area (Å²) >= 11 is 2.90. The molecule has 8 nitrogen and oxygen atoms in total. The first-order valence-electron chi connectivity index (χ1n) is 7.58. The molecule has 4 aromatic rings. The zero-order chi connectivity index (χ0) is 17.3. The van der Waals surface area contributed by atoms with Crippen LogP contribution in [-0.4, -0.2) is 27.1 Å². The van der Waals surface area contributed by atoms with Gasteiger partial charge in [-0.05, 0) is 29.6 Å². The quantitative estimate of drug-likeness (QED) is 0.473. The Morgan fingerprint density at radius 3 is 3.00 bits per heavy atom. The van der Waals surface area contributed by atoms with E-state index < -0.39 is 0 Å². The van der Waals surface area contributed by atoms with Crippen LogP contribution in [-0.2, 0) is 5.75 Å². The molecular weight excluding hydrogens is 376 g/mol. The molecule has 10 heteroatoms. The Morgan fingerprint density at radius 2 is 2.08 bits per heavy atom. The van der Waals surface area contributed by atoms with Gasteiger partial charge in [0.2, 0.25) is 24.4 Å². The van der Waals surface area contributed by atoms with E-state index in [1.807, 2.05) is 35.7 Å². The van der Waals surface area contributed by atoms with Crippen LogP contribution >= 0.6 is 23.1 Å². The molecule has 0 radical (unpaired) electrons. The van der Waals surface area contributed by atoms with E-state index in [2.05, 4.69) is 20.3 Å². The summed E-state index contributed by atoms with van der Waals surface area (Å²) in [5.74, 6) is 3.32. The van der Waals surface area contributed by atoms with Gasteiger partial charge in [-0.25, -0.2) is 0 Å². The van der Waals surface area contributed by atoms with Gasteiger partial charge in [0.15, 0.2) is 11.5 Å². The van der Waals surface area contributed by atoms with Crippen LogP contribution in [0, 0.1) is 0 Å². The average molecular weight is 386 g/mol. The third kappa shape index (κ3) is 2.93. The summed E-state index contributed by atoms with van der Waals surface area (Å²) in [5.41, 5.74) is 0.770. The fraction of sp³-hybridized carbons (Fsp3) is 0.125. The molecule has 3 aromatic heterocycles. The Kier molecular flexibility index (Phi) is 3.83. The number of hydrogen-bond acceptors (Lipinski definition) is 10. The van der Waals surface area contributed by atoms with Crippen LogP contribution in [0.25, 0.3) is 22.2 Å². The molecule has 130 valence electrons. The summed E-state index contributed by atoms with van der Waals surface area (Å²) in [5, 5.41) is 14.5. The molecule has 0 aliphatic carbocycles. The second-order valence-electron chi connectivity index (χ2n) is 5.22. The lowest BCUT2D eigenvalue weighted by Crippen LogP contribution is -1.92. The van der Waals surface area contributed by atoms with Gasteiger partial charge >= 0.3 is 0 Å². The number of aromatic nitrogens is 4. The lowest BCUT2D eigenvalue weighted by Gasteiger charge is -1.97. The van der Waals surface area contributed by atoms with E-state index >= 15 is 0 Å². The highest BCUT2D eigenvalue weighted by atomic mass is 32.2. The van der Waals surface area contributed by atoms with Crippen LogP contribution in [0.1, 0.15) is 5.89 Å². The highest BCUT2D eigenvalue weighted by Gasteiger charge is 2.17. The monoisotopic (exact) mass is 386 g/mol. The first kappa shape index (κ1) is 15.4. The zero-order valence-corrected chi connectivity index (χ0v) is 14.7. The zero-order valence-electron chi connectivity index (χ0n) is 13.1. The second kappa shape index (κ2) is 6.46.